The van der Waals surface area contributed by atoms with Gasteiger partial charge in [0.1, 0.15) is 17.1 Å². The standard InChI is InChI=1S/C11H11N3O5S/c1-6-5-12-13-10(6)14-20(18,19)7-2-3-9(15)8(4-7)11(16)17/h2-5,15H,1H3,(H,16,17)(H2,12,13,14). The second kappa shape index (κ2) is 4.85. The highest BCUT2D eigenvalue weighted by molar-refractivity contribution is 7.92. The molecule has 9 heteroatoms. The summed E-state index contributed by atoms with van der Waals surface area (Å²) in [5.41, 5.74) is 0.0972. The molecule has 2 aromatic rings. The number of benzene rings is 1. The van der Waals surface area contributed by atoms with E-state index in [-0.39, 0.29) is 10.7 Å². The van der Waals surface area contributed by atoms with Crippen LogP contribution in [0.25, 0.3) is 0 Å². The Bertz CT molecular complexity index is 766. The highest BCUT2D eigenvalue weighted by Gasteiger charge is 2.20. The third-order valence-electron chi connectivity index (χ3n) is 2.57. The number of phenols is 1. The van der Waals surface area contributed by atoms with Gasteiger partial charge in [-0.15, -0.1) is 0 Å². The van der Waals surface area contributed by atoms with Crippen LogP contribution in [0.5, 0.6) is 5.75 Å². The van der Waals surface area contributed by atoms with Gasteiger partial charge >= 0.3 is 5.97 Å². The fourth-order valence-electron chi connectivity index (χ4n) is 1.50. The number of nitrogens with zero attached hydrogens (tertiary/aromatic N) is 1. The number of carboxylic acids is 1. The van der Waals surface area contributed by atoms with E-state index < -0.39 is 27.3 Å². The number of hydrogen-bond donors (Lipinski definition) is 4. The summed E-state index contributed by atoms with van der Waals surface area (Å²) in [4.78, 5) is 10.6. The number of aromatic amines is 1. The highest BCUT2D eigenvalue weighted by Crippen LogP contribution is 2.23. The van der Waals surface area contributed by atoms with E-state index in [1.54, 1.807) is 6.92 Å². The van der Waals surface area contributed by atoms with Gasteiger partial charge in [0.2, 0.25) is 0 Å². The second-order valence-corrected chi connectivity index (χ2v) is 5.70. The topological polar surface area (TPSA) is 132 Å². The van der Waals surface area contributed by atoms with Crippen LogP contribution >= 0.6 is 0 Å². The van der Waals surface area contributed by atoms with E-state index in [0.29, 0.717) is 5.56 Å². The van der Waals surface area contributed by atoms with E-state index >= 15 is 0 Å². The lowest BCUT2D eigenvalue weighted by molar-refractivity contribution is 0.0693. The maximum absolute atomic E-state index is 12.1. The van der Waals surface area contributed by atoms with Crippen molar-refractivity contribution in [2.75, 3.05) is 4.72 Å². The maximum Gasteiger partial charge on any atom is 0.339 e. The molecule has 0 aliphatic heterocycles. The summed E-state index contributed by atoms with van der Waals surface area (Å²) in [6.45, 7) is 1.65. The second-order valence-electron chi connectivity index (χ2n) is 4.02. The number of aryl methyl sites for hydroxylation is 1. The van der Waals surface area contributed by atoms with Crippen LogP contribution in [0, 0.1) is 6.92 Å². The lowest BCUT2D eigenvalue weighted by Gasteiger charge is -2.08. The largest absolute Gasteiger partial charge is 0.507 e. The Kier molecular flexibility index (Phi) is 3.36. The molecule has 0 saturated heterocycles. The van der Waals surface area contributed by atoms with Gasteiger partial charge in [-0.3, -0.25) is 9.82 Å². The average molecular weight is 297 g/mol. The van der Waals surface area contributed by atoms with Crippen LogP contribution in [0.4, 0.5) is 5.82 Å². The summed E-state index contributed by atoms with van der Waals surface area (Å²) in [6, 6.07) is 3.00. The maximum atomic E-state index is 12.1. The highest BCUT2D eigenvalue weighted by atomic mass is 32.2. The molecule has 1 aromatic heterocycles. The SMILES string of the molecule is Cc1cn[nH]c1NS(=O)(=O)c1ccc(O)c(C(=O)O)c1. The van der Waals surface area contributed by atoms with Crippen LogP contribution in [-0.2, 0) is 10.0 Å². The molecule has 0 aliphatic carbocycles. The number of sulfonamides is 1. The number of aromatic hydroxyl groups is 1. The van der Waals surface area contributed by atoms with Gasteiger partial charge in [-0.05, 0) is 25.1 Å². The minimum atomic E-state index is -3.97. The zero-order valence-electron chi connectivity index (χ0n) is 10.3. The smallest absolute Gasteiger partial charge is 0.339 e. The zero-order chi connectivity index (χ0) is 14.9. The quantitative estimate of drug-likeness (QED) is 0.663. The summed E-state index contributed by atoms with van der Waals surface area (Å²) in [7, 11) is -3.97. The third kappa shape index (κ3) is 2.57. The van der Waals surface area contributed by atoms with Crippen molar-refractivity contribution in [2.24, 2.45) is 0 Å². The van der Waals surface area contributed by atoms with Crippen molar-refractivity contribution < 1.29 is 23.4 Å². The van der Waals surface area contributed by atoms with Crippen molar-refractivity contribution in [2.45, 2.75) is 11.8 Å². The Labute approximate surface area is 114 Å². The van der Waals surface area contributed by atoms with Crippen LogP contribution < -0.4 is 4.72 Å². The summed E-state index contributed by atoms with van der Waals surface area (Å²) in [6.07, 6.45) is 1.44. The molecule has 0 atom stereocenters. The van der Waals surface area contributed by atoms with Crippen LogP contribution in [0.15, 0.2) is 29.3 Å². The van der Waals surface area contributed by atoms with E-state index in [0.717, 1.165) is 18.2 Å². The van der Waals surface area contributed by atoms with E-state index in [9.17, 15) is 18.3 Å². The van der Waals surface area contributed by atoms with Gasteiger partial charge in [0.15, 0.2) is 0 Å². The number of nitrogens with one attached hydrogen (secondary N) is 2. The molecular weight excluding hydrogens is 286 g/mol. The van der Waals surface area contributed by atoms with Gasteiger partial charge in [0, 0.05) is 5.56 Å². The predicted octanol–water partition coefficient (Wildman–Crippen LogP) is 0.923. The predicted molar refractivity (Wildman–Crippen MR) is 69.2 cm³/mol. The Morgan fingerprint density at radius 2 is 2.10 bits per heavy atom. The van der Waals surface area contributed by atoms with E-state index in [1.807, 2.05) is 0 Å². The molecule has 0 saturated carbocycles. The normalized spacial score (nSPS) is 11.2. The van der Waals surface area contributed by atoms with Gasteiger partial charge in [0.05, 0.1) is 11.1 Å². The molecular formula is C11H11N3O5S. The number of aromatic nitrogens is 2. The van der Waals surface area contributed by atoms with E-state index in [4.69, 9.17) is 5.11 Å². The Hall–Kier alpha value is -2.55. The van der Waals surface area contributed by atoms with Gasteiger partial charge in [-0.25, -0.2) is 13.2 Å². The van der Waals surface area contributed by atoms with Crippen molar-refractivity contribution in [3.8, 4) is 5.75 Å². The molecule has 8 nitrogen and oxygen atoms in total. The van der Waals surface area contributed by atoms with Crippen molar-refractivity contribution in [3.05, 3.63) is 35.5 Å². The van der Waals surface area contributed by atoms with Crippen molar-refractivity contribution in [1.29, 1.82) is 0 Å². The molecule has 0 spiro atoms. The van der Waals surface area contributed by atoms with Crippen LogP contribution in [-0.4, -0.2) is 34.8 Å². The van der Waals surface area contributed by atoms with Crippen LogP contribution in [0.1, 0.15) is 15.9 Å². The lowest BCUT2D eigenvalue weighted by Crippen LogP contribution is -2.14. The van der Waals surface area contributed by atoms with Crippen molar-refractivity contribution >= 4 is 21.8 Å². The van der Waals surface area contributed by atoms with Gasteiger partial charge < -0.3 is 10.2 Å². The Morgan fingerprint density at radius 3 is 2.65 bits per heavy atom. The molecule has 20 heavy (non-hydrogen) atoms. The zero-order valence-corrected chi connectivity index (χ0v) is 11.1. The number of carboxylic acid groups (broad SMARTS) is 1. The summed E-state index contributed by atoms with van der Waals surface area (Å²) in [5, 5.41) is 24.4. The fourth-order valence-corrected chi connectivity index (χ4v) is 2.61. The summed E-state index contributed by atoms with van der Waals surface area (Å²) in [5.74, 6) is -1.73. The van der Waals surface area contributed by atoms with Gasteiger partial charge in [-0.1, -0.05) is 0 Å². The molecule has 2 rings (SSSR count). The molecule has 0 aliphatic rings. The minimum Gasteiger partial charge on any atom is -0.507 e. The molecule has 0 bridgehead atoms. The Balaban J connectivity index is 2.42. The molecule has 1 heterocycles. The van der Waals surface area contributed by atoms with Gasteiger partial charge in [0.25, 0.3) is 10.0 Å². The molecule has 0 amide bonds. The first-order chi connectivity index (χ1) is 9.31. The fraction of sp³-hybridized carbons (Fsp3) is 0.0909. The monoisotopic (exact) mass is 297 g/mol. The van der Waals surface area contributed by atoms with Crippen LogP contribution in [0.3, 0.4) is 0 Å². The van der Waals surface area contributed by atoms with Crippen LogP contribution in [0.2, 0.25) is 0 Å². The summed E-state index contributed by atoms with van der Waals surface area (Å²) >= 11 is 0. The molecule has 106 valence electrons. The minimum absolute atomic E-state index is 0.190. The number of carbonyl (C=O) groups is 1. The molecule has 0 unspecified atom stereocenters. The van der Waals surface area contributed by atoms with Crippen molar-refractivity contribution in [3.63, 3.8) is 0 Å². The van der Waals surface area contributed by atoms with Crippen molar-refractivity contribution in [1.82, 2.24) is 10.2 Å². The first-order valence-corrected chi connectivity index (χ1v) is 6.88. The number of aromatic carboxylic acids is 1. The average Bonchev–Trinajstić information content (AvgIpc) is 2.74. The molecule has 1 aromatic carbocycles. The first kappa shape index (κ1) is 13.9. The van der Waals surface area contributed by atoms with E-state index in [2.05, 4.69) is 14.9 Å². The number of anilines is 1. The summed E-state index contributed by atoms with van der Waals surface area (Å²) < 4.78 is 26.5. The lowest BCUT2D eigenvalue weighted by atomic mass is 10.2. The van der Waals surface area contributed by atoms with Gasteiger partial charge in [-0.2, -0.15) is 5.10 Å². The third-order valence-corrected chi connectivity index (χ3v) is 3.92. The molecule has 0 fully saturated rings. The first-order valence-electron chi connectivity index (χ1n) is 5.40. The number of hydrogen-bond acceptors (Lipinski definition) is 5. The number of rotatable bonds is 4. The molecule has 0 radical (unpaired) electrons. The van der Waals surface area contributed by atoms with E-state index in [1.165, 1.54) is 6.20 Å². The number of H-pyrrole nitrogens is 1. The molecule has 4 N–H and O–H groups in total. The Morgan fingerprint density at radius 1 is 1.40 bits per heavy atom.